The number of aromatic amines is 1. The molecule has 0 aliphatic carbocycles. The summed E-state index contributed by atoms with van der Waals surface area (Å²) in [7, 11) is 0. The van der Waals surface area contributed by atoms with Crippen molar-refractivity contribution in [2.45, 2.75) is 57.9 Å². The van der Waals surface area contributed by atoms with Crippen LogP contribution in [-0.2, 0) is 4.74 Å². The molecule has 2 fully saturated rings. The average Bonchev–Trinajstić information content (AvgIpc) is 3.41. The summed E-state index contributed by atoms with van der Waals surface area (Å²) in [5, 5.41) is 1.39. The second-order valence-electron chi connectivity index (χ2n) is 9.39. The third kappa shape index (κ3) is 3.67. The number of piperidine rings is 1. The number of nitrogens with one attached hydrogen (secondary N) is 1. The van der Waals surface area contributed by atoms with E-state index in [9.17, 15) is 0 Å². The van der Waals surface area contributed by atoms with Crippen LogP contribution in [0.5, 0.6) is 0 Å². The fraction of sp³-hybridized carbons (Fsp3) is 0.500. The Hall–Kier alpha value is -2.17. The number of pyridine rings is 1. The Morgan fingerprint density at radius 2 is 1.93 bits per heavy atom. The maximum atomic E-state index is 5.60. The van der Waals surface area contributed by atoms with Crippen molar-refractivity contribution in [3.05, 3.63) is 53.3 Å². The molecule has 4 heterocycles. The molecule has 0 spiro atoms. The van der Waals surface area contributed by atoms with Gasteiger partial charge in [0, 0.05) is 41.0 Å². The Morgan fingerprint density at radius 1 is 1.10 bits per heavy atom. The van der Waals surface area contributed by atoms with E-state index >= 15 is 0 Å². The number of hydrogen-bond acceptors (Lipinski definition) is 3. The van der Waals surface area contributed by atoms with Gasteiger partial charge in [0.1, 0.15) is 0 Å². The van der Waals surface area contributed by atoms with E-state index in [1.54, 1.807) is 0 Å². The topological polar surface area (TPSA) is 41.2 Å². The fourth-order valence-electron chi connectivity index (χ4n) is 5.42. The predicted molar refractivity (Wildman–Crippen MR) is 123 cm³/mol. The van der Waals surface area contributed by atoms with Crippen molar-refractivity contribution in [2.24, 2.45) is 0 Å². The second-order valence-corrected chi connectivity index (χ2v) is 9.39. The summed E-state index contributed by atoms with van der Waals surface area (Å²) in [4.78, 5) is 10.7. The number of hydrogen-bond donors (Lipinski definition) is 1. The Kier molecular flexibility index (Phi) is 5.38. The number of ether oxygens (including phenoxy) is 1. The molecule has 2 aliphatic rings. The summed E-state index contributed by atoms with van der Waals surface area (Å²) in [6.45, 7) is 10.9. The van der Waals surface area contributed by atoms with Gasteiger partial charge in [-0.3, -0.25) is 9.88 Å². The minimum absolute atomic E-state index is 0.460. The van der Waals surface area contributed by atoms with Gasteiger partial charge in [0.05, 0.1) is 12.3 Å². The van der Waals surface area contributed by atoms with Gasteiger partial charge in [0.15, 0.2) is 0 Å². The lowest BCUT2D eigenvalue weighted by Crippen LogP contribution is -2.41. The highest BCUT2D eigenvalue weighted by atomic mass is 16.5. The van der Waals surface area contributed by atoms with Gasteiger partial charge in [-0.05, 0) is 86.5 Å². The van der Waals surface area contributed by atoms with E-state index in [-0.39, 0.29) is 0 Å². The zero-order valence-corrected chi connectivity index (χ0v) is 18.4. The van der Waals surface area contributed by atoms with Crippen LogP contribution in [0.1, 0.15) is 61.8 Å². The van der Waals surface area contributed by atoms with Crippen LogP contribution >= 0.6 is 0 Å². The van der Waals surface area contributed by atoms with Gasteiger partial charge < -0.3 is 9.72 Å². The summed E-state index contributed by atoms with van der Waals surface area (Å²) >= 11 is 0. The smallest absolute Gasteiger partial charge is 0.0622 e. The molecule has 1 atom stereocenters. The van der Waals surface area contributed by atoms with E-state index in [1.807, 2.05) is 6.20 Å². The van der Waals surface area contributed by atoms with Gasteiger partial charge in [-0.1, -0.05) is 19.9 Å². The quantitative estimate of drug-likeness (QED) is 0.614. The van der Waals surface area contributed by atoms with Crippen LogP contribution in [0.25, 0.3) is 22.2 Å². The van der Waals surface area contributed by atoms with Crippen molar-refractivity contribution in [2.75, 3.05) is 26.3 Å². The van der Waals surface area contributed by atoms with Gasteiger partial charge in [0.25, 0.3) is 0 Å². The Bertz CT molecular complexity index is 1020. The summed E-state index contributed by atoms with van der Waals surface area (Å²) in [6, 6.07) is 12.1. The Morgan fingerprint density at radius 3 is 2.63 bits per heavy atom. The molecule has 4 nitrogen and oxygen atoms in total. The second kappa shape index (κ2) is 8.16. The van der Waals surface area contributed by atoms with E-state index in [2.05, 4.69) is 66.0 Å². The first kappa shape index (κ1) is 19.8. The number of fused-ring (bicyclic) bond motifs is 1. The number of benzene rings is 1. The van der Waals surface area contributed by atoms with E-state index in [0.717, 1.165) is 18.9 Å². The van der Waals surface area contributed by atoms with Crippen LogP contribution in [0, 0.1) is 6.92 Å². The van der Waals surface area contributed by atoms with Crippen LogP contribution in [0.3, 0.4) is 0 Å². The molecule has 0 amide bonds. The summed E-state index contributed by atoms with van der Waals surface area (Å²) in [6.07, 6.45) is 5.61. The zero-order valence-electron chi connectivity index (χ0n) is 18.4. The van der Waals surface area contributed by atoms with Crippen molar-refractivity contribution in [3.8, 4) is 11.3 Å². The summed E-state index contributed by atoms with van der Waals surface area (Å²) < 4.78 is 5.60. The Balaban J connectivity index is 1.45. The number of aromatic nitrogens is 2. The van der Waals surface area contributed by atoms with E-state index in [4.69, 9.17) is 4.74 Å². The molecule has 2 aromatic heterocycles. The first-order valence-corrected chi connectivity index (χ1v) is 11.5. The molecular formula is C26H33N3O. The standard InChI is InChI=1S/C26H33N3O/c1-17(2)25-23-15-20(19-7-11-29(12-8-19)22-9-13-30-16-22)4-5-24(23)28-26(25)21-6-10-27-18(3)14-21/h4-6,10,14-15,17,19,22,28H,7-9,11-13,16H2,1-3H3. The molecule has 0 saturated carbocycles. The lowest BCUT2D eigenvalue weighted by Gasteiger charge is -2.35. The molecule has 1 N–H and O–H groups in total. The van der Waals surface area contributed by atoms with Crippen molar-refractivity contribution in [1.82, 2.24) is 14.9 Å². The fourth-order valence-corrected chi connectivity index (χ4v) is 5.42. The van der Waals surface area contributed by atoms with Crippen LogP contribution in [0.4, 0.5) is 0 Å². The molecule has 0 bridgehead atoms. The number of H-pyrrole nitrogens is 1. The molecular weight excluding hydrogens is 370 g/mol. The molecule has 4 heteroatoms. The molecule has 2 saturated heterocycles. The first-order chi connectivity index (χ1) is 14.6. The lowest BCUT2D eigenvalue weighted by molar-refractivity contribution is 0.122. The summed E-state index contributed by atoms with van der Waals surface area (Å²) in [5.74, 6) is 1.12. The maximum absolute atomic E-state index is 5.60. The minimum atomic E-state index is 0.460. The van der Waals surface area contributed by atoms with Crippen molar-refractivity contribution < 1.29 is 4.74 Å². The van der Waals surface area contributed by atoms with Crippen LogP contribution in [0.15, 0.2) is 36.5 Å². The molecule has 3 aromatic rings. The van der Waals surface area contributed by atoms with Crippen molar-refractivity contribution in [3.63, 3.8) is 0 Å². The van der Waals surface area contributed by atoms with Gasteiger partial charge in [-0.25, -0.2) is 0 Å². The summed E-state index contributed by atoms with van der Waals surface area (Å²) in [5.41, 5.74) is 7.71. The number of nitrogens with zero attached hydrogens (tertiary/aromatic N) is 2. The van der Waals surface area contributed by atoms with Crippen molar-refractivity contribution in [1.29, 1.82) is 0 Å². The average molecular weight is 404 g/mol. The van der Waals surface area contributed by atoms with Gasteiger partial charge in [0.2, 0.25) is 0 Å². The number of aryl methyl sites for hydroxylation is 1. The van der Waals surface area contributed by atoms with E-state index in [0.29, 0.717) is 17.9 Å². The lowest BCUT2D eigenvalue weighted by atomic mass is 9.87. The maximum Gasteiger partial charge on any atom is 0.0622 e. The van der Waals surface area contributed by atoms with Gasteiger partial charge >= 0.3 is 0 Å². The minimum Gasteiger partial charge on any atom is -0.380 e. The third-order valence-corrected chi connectivity index (χ3v) is 7.05. The number of likely N-dealkylation sites (tertiary alicyclic amines) is 1. The highest BCUT2D eigenvalue weighted by molar-refractivity contribution is 5.92. The van der Waals surface area contributed by atoms with Crippen LogP contribution < -0.4 is 0 Å². The molecule has 0 radical (unpaired) electrons. The molecule has 5 rings (SSSR count). The monoisotopic (exact) mass is 403 g/mol. The first-order valence-electron chi connectivity index (χ1n) is 11.5. The van der Waals surface area contributed by atoms with E-state index in [1.165, 1.54) is 65.6 Å². The predicted octanol–water partition coefficient (Wildman–Crippen LogP) is 5.63. The highest BCUT2D eigenvalue weighted by Crippen LogP contribution is 2.38. The highest BCUT2D eigenvalue weighted by Gasteiger charge is 2.28. The van der Waals surface area contributed by atoms with Crippen LogP contribution in [0.2, 0.25) is 0 Å². The molecule has 158 valence electrons. The molecule has 1 aromatic carbocycles. The molecule has 1 unspecified atom stereocenters. The molecule has 30 heavy (non-hydrogen) atoms. The number of rotatable bonds is 4. The van der Waals surface area contributed by atoms with E-state index < -0.39 is 0 Å². The molecule has 2 aliphatic heterocycles. The third-order valence-electron chi connectivity index (χ3n) is 7.05. The van der Waals surface area contributed by atoms with Gasteiger partial charge in [-0.15, -0.1) is 0 Å². The Labute approximate surface area is 179 Å². The van der Waals surface area contributed by atoms with Gasteiger partial charge in [-0.2, -0.15) is 0 Å². The SMILES string of the molecule is Cc1cc(-c2[nH]c3ccc(C4CCN(C5CCOC5)CC4)cc3c2C(C)C)ccn1. The zero-order chi connectivity index (χ0) is 20.7. The largest absolute Gasteiger partial charge is 0.380 e. The van der Waals surface area contributed by atoms with Crippen molar-refractivity contribution >= 4 is 10.9 Å². The normalized spacial score (nSPS) is 21.1. The van der Waals surface area contributed by atoms with Crippen LogP contribution in [-0.4, -0.2) is 47.2 Å².